The summed E-state index contributed by atoms with van der Waals surface area (Å²) in [6.45, 7) is 3.99. The first-order valence-corrected chi connectivity index (χ1v) is 6.91. The molecule has 0 aliphatic rings. The molecule has 0 spiro atoms. The fourth-order valence-corrected chi connectivity index (χ4v) is 1.92. The Morgan fingerprint density at radius 1 is 1.29 bits per heavy atom. The molecule has 0 amide bonds. The molecule has 112 valence electrons. The molecule has 1 aromatic heterocycles. The van der Waals surface area contributed by atoms with E-state index in [0.29, 0.717) is 22.3 Å². The molecule has 0 unspecified atom stereocenters. The van der Waals surface area contributed by atoms with Crippen LogP contribution < -0.4 is 21.3 Å². The molecule has 2 rings (SSSR count). The van der Waals surface area contributed by atoms with Gasteiger partial charge in [0.05, 0.1) is 11.1 Å². The molecule has 0 aliphatic heterocycles. The number of nitrogens with zero attached hydrogens (tertiary/aromatic N) is 3. The molecule has 0 saturated carbocycles. The van der Waals surface area contributed by atoms with Crippen LogP contribution in [0.3, 0.4) is 0 Å². The second kappa shape index (κ2) is 6.64. The van der Waals surface area contributed by atoms with Crippen molar-refractivity contribution in [3.8, 4) is 6.01 Å². The van der Waals surface area contributed by atoms with Gasteiger partial charge in [-0.25, -0.2) is 10.2 Å². The van der Waals surface area contributed by atoms with Crippen molar-refractivity contribution in [1.82, 2.24) is 15.0 Å². The van der Waals surface area contributed by atoms with Gasteiger partial charge in [0.15, 0.2) is 0 Å². The minimum absolute atomic E-state index is 0.141. The molecule has 1 aromatic carbocycles. The number of nitrogens with one attached hydrogen (secondary N) is 2. The van der Waals surface area contributed by atoms with E-state index in [1.807, 2.05) is 6.92 Å². The maximum absolute atomic E-state index is 13.4. The van der Waals surface area contributed by atoms with Crippen LogP contribution in [-0.4, -0.2) is 21.6 Å². The van der Waals surface area contributed by atoms with Crippen molar-refractivity contribution in [1.29, 1.82) is 0 Å². The number of aryl methyl sites for hydroxylation is 1. The molecule has 0 saturated heterocycles. The Kier molecular flexibility index (Phi) is 4.86. The molecule has 9 heteroatoms. The number of hydrogen-bond donors (Lipinski definition) is 3. The standard InChI is InChI=1S/C12H14BrFN6O/c1-3-21-12-18-10(17-11(19-12)20-15)16-9-5-7(13)8(14)4-6(9)2/h4-5H,3,15H2,1-2H3,(H2,16,17,18,19,20). The van der Waals surface area contributed by atoms with E-state index in [9.17, 15) is 4.39 Å². The number of rotatable bonds is 5. The Bertz CT molecular complexity index is 654. The number of nitrogen functional groups attached to an aromatic ring is 1. The number of nitrogens with two attached hydrogens (primary N) is 1. The third kappa shape index (κ3) is 3.76. The Balaban J connectivity index is 2.34. The van der Waals surface area contributed by atoms with Crippen LogP contribution in [0.15, 0.2) is 16.6 Å². The number of anilines is 3. The number of halogens is 2. The SMILES string of the molecule is CCOc1nc(NN)nc(Nc2cc(Br)c(F)cc2C)n1. The first-order valence-electron chi connectivity index (χ1n) is 6.11. The smallest absolute Gasteiger partial charge is 0.323 e. The van der Waals surface area contributed by atoms with Crippen molar-refractivity contribution in [3.05, 3.63) is 28.0 Å². The molecule has 21 heavy (non-hydrogen) atoms. The molecule has 0 fully saturated rings. The molecule has 0 aliphatic carbocycles. The molecule has 1 heterocycles. The van der Waals surface area contributed by atoms with Crippen LogP contribution in [-0.2, 0) is 0 Å². The predicted molar refractivity (Wildman–Crippen MR) is 80.9 cm³/mol. The summed E-state index contributed by atoms with van der Waals surface area (Å²) in [6.07, 6.45) is 0. The topological polar surface area (TPSA) is 98.0 Å². The second-order valence-electron chi connectivity index (χ2n) is 4.05. The lowest BCUT2D eigenvalue weighted by atomic mass is 10.2. The normalized spacial score (nSPS) is 10.3. The Labute approximate surface area is 129 Å². The van der Waals surface area contributed by atoms with Gasteiger partial charge in [0.1, 0.15) is 5.82 Å². The molecule has 0 bridgehead atoms. The summed E-state index contributed by atoms with van der Waals surface area (Å²) >= 11 is 3.14. The van der Waals surface area contributed by atoms with E-state index >= 15 is 0 Å². The summed E-state index contributed by atoms with van der Waals surface area (Å²) in [5.41, 5.74) is 3.69. The molecule has 2 aromatic rings. The number of ether oxygens (including phenoxy) is 1. The number of benzene rings is 1. The van der Waals surface area contributed by atoms with E-state index in [4.69, 9.17) is 10.6 Å². The second-order valence-corrected chi connectivity index (χ2v) is 4.90. The van der Waals surface area contributed by atoms with Crippen LogP contribution in [0.4, 0.5) is 22.0 Å². The Morgan fingerprint density at radius 3 is 2.67 bits per heavy atom. The lowest BCUT2D eigenvalue weighted by Gasteiger charge is -2.11. The largest absolute Gasteiger partial charge is 0.464 e. The lowest BCUT2D eigenvalue weighted by Crippen LogP contribution is -2.13. The zero-order valence-electron chi connectivity index (χ0n) is 11.4. The van der Waals surface area contributed by atoms with Crippen molar-refractivity contribution in [2.24, 2.45) is 5.84 Å². The summed E-state index contributed by atoms with van der Waals surface area (Å²) in [5.74, 6) is 5.37. The molecular weight excluding hydrogens is 343 g/mol. The van der Waals surface area contributed by atoms with Gasteiger partial charge >= 0.3 is 6.01 Å². The summed E-state index contributed by atoms with van der Waals surface area (Å²) < 4.78 is 19.0. The fourth-order valence-electron chi connectivity index (χ4n) is 1.57. The third-order valence-corrected chi connectivity index (χ3v) is 3.14. The van der Waals surface area contributed by atoms with E-state index < -0.39 is 0 Å². The summed E-state index contributed by atoms with van der Waals surface area (Å²) in [4.78, 5) is 12.1. The number of hydrogen-bond acceptors (Lipinski definition) is 7. The molecule has 0 atom stereocenters. The van der Waals surface area contributed by atoms with Gasteiger partial charge in [-0.05, 0) is 47.5 Å². The van der Waals surface area contributed by atoms with Gasteiger partial charge in [0.25, 0.3) is 0 Å². The van der Waals surface area contributed by atoms with Gasteiger partial charge < -0.3 is 10.1 Å². The molecular formula is C12H14BrFN6O. The van der Waals surface area contributed by atoms with Gasteiger partial charge in [-0.2, -0.15) is 15.0 Å². The highest BCUT2D eigenvalue weighted by Crippen LogP contribution is 2.26. The highest BCUT2D eigenvalue weighted by Gasteiger charge is 2.10. The van der Waals surface area contributed by atoms with Gasteiger partial charge in [0.2, 0.25) is 11.9 Å². The minimum atomic E-state index is -0.340. The van der Waals surface area contributed by atoms with Crippen molar-refractivity contribution in [2.75, 3.05) is 17.3 Å². The van der Waals surface area contributed by atoms with Crippen molar-refractivity contribution in [3.63, 3.8) is 0 Å². The quantitative estimate of drug-likeness (QED) is 0.559. The predicted octanol–water partition coefficient (Wildman–Crippen LogP) is 2.51. The summed E-state index contributed by atoms with van der Waals surface area (Å²) in [5, 5.41) is 2.98. The van der Waals surface area contributed by atoms with Gasteiger partial charge in [0, 0.05) is 5.69 Å². The van der Waals surface area contributed by atoms with Crippen LogP contribution in [0.5, 0.6) is 6.01 Å². The number of hydrazine groups is 1. The van der Waals surface area contributed by atoms with Crippen LogP contribution >= 0.6 is 15.9 Å². The average Bonchev–Trinajstić information content (AvgIpc) is 2.45. The van der Waals surface area contributed by atoms with E-state index in [2.05, 4.69) is 41.6 Å². The van der Waals surface area contributed by atoms with Crippen LogP contribution in [0.1, 0.15) is 12.5 Å². The van der Waals surface area contributed by atoms with Gasteiger partial charge in [-0.3, -0.25) is 5.43 Å². The average molecular weight is 357 g/mol. The van der Waals surface area contributed by atoms with Crippen molar-refractivity contribution < 1.29 is 9.13 Å². The highest BCUT2D eigenvalue weighted by atomic mass is 79.9. The van der Waals surface area contributed by atoms with Gasteiger partial charge in [-0.1, -0.05) is 0 Å². The van der Waals surface area contributed by atoms with E-state index in [1.54, 1.807) is 13.0 Å². The zero-order valence-corrected chi connectivity index (χ0v) is 13.0. The van der Waals surface area contributed by atoms with E-state index in [-0.39, 0.29) is 23.7 Å². The summed E-state index contributed by atoms with van der Waals surface area (Å²) in [6, 6.07) is 3.14. The van der Waals surface area contributed by atoms with E-state index in [0.717, 1.165) is 0 Å². The Morgan fingerprint density at radius 2 is 2.00 bits per heavy atom. The first-order chi connectivity index (χ1) is 10.0. The maximum atomic E-state index is 13.4. The lowest BCUT2D eigenvalue weighted by molar-refractivity contribution is 0.312. The van der Waals surface area contributed by atoms with E-state index in [1.165, 1.54) is 6.07 Å². The maximum Gasteiger partial charge on any atom is 0.323 e. The first kappa shape index (κ1) is 15.4. The fraction of sp³-hybridized carbons (Fsp3) is 0.250. The highest BCUT2D eigenvalue weighted by molar-refractivity contribution is 9.10. The zero-order chi connectivity index (χ0) is 15.4. The van der Waals surface area contributed by atoms with Crippen LogP contribution in [0.2, 0.25) is 0 Å². The van der Waals surface area contributed by atoms with Crippen LogP contribution in [0.25, 0.3) is 0 Å². The van der Waals surface area contributed by atoms with Crippen molar-refractivity contribution >= 4 is 33.5 Å². The monoisotopic (exact) mass is 356 g/mol. The van der Waals surface area contributed by atoms with Gasteiger partial charge in [-0.15, -0.1) is 0 Å². The Hall–Kier alpha value is -2.00. The van der Waals surface area contributed by atoms with Crippen molar-refractivity contribution in [2.45, 2.75) is 13.8 Å². The summed E-state index contributed by atoms with van der Waals surface area (Å²) in [7, 11) is 0. The minimum Gasteiger partial charge on any atom is -0.464 e. The molecule has 7 nitrogen and oxygen atoms in total. The van der Waals surface area contributed by atoms with Crippen LogP contribution in [0, 0.1) is 12.7 Å². The third-order valence-electron chi connectivity index (χ3n) is 2.53. The molecule has 4 N–H and O–H groups in total. The number of aromatic nitrogens is 3. The molecule has 0 radical (unpaired) electrons.